The summed E-state index contributed by atoms with van der Waals surface area (Å²) < 4.78 is 0. The lowest BCUT2D eigenvalue weighted by molar-refractivity contribution is -0.152. The topological polar surface area (TPSA) is 85.2 Å². The van der Waals surface area contributed by atoms with E-state index >= 15 is 0 Å². The second-order valence-corrected chi connectivity index (χ2v) is 7.26. The largest absolute Gasteiger partial charge is 0.369 e. The minimum atomic E-state index is -0.138. The van der Waals surface area contributed by atoms with Crippen molar-refractivity contribution in [3.05, 3.63) is 11.9 Å². The molecule has 0 bridgehead atoms. The fraction of sp³-hybridized carbons (Fsp3) is 0.647. The molecule has 7 nitrogen and oxygen atoms in total. The van der Waals surface area contributed by atoms with E-state index in [0.29, 0.717) is 11.8 Å². The molecule has 4 rings (SSSR count). The van der Waals surface area contributed by atoms with Crippen LogP contribution in [-0.2, 0) is 4.79 Å². The van der Waals surface area contributed by atoms with Gasteiger partial charge in [-0.1, -0.05) is 13.8 Å². The number of carbonyl (C=O) groups is 1. The minimum Gasteiger partial charge on any atom is -0.369 e. The molecule has 1 aromatic rings. The summed E-state index contributed by atoms with van der Waals surface area (Å²) in [4.78, 5) is 25.4. The van der Waals surface area contributed by atoms with E-state index in [0.717, 1.165) is 44.2 Å². The first kappa shape index (κ1) is 15.2. The second-order valence-electron chi connectivity index (χ2n) is 7.26. The molecule has 2 unspecified atom stereocenters. The molecule has 2 fully saturated rings. The van der Waals surface area contributed by atoms with Crippen molar-refractivity contribution < 1.29 is 4.79 Å². The maximum absolute atomic E-state index is 12.3. The molecule has 0 radical (unpaired) electrons. The van der Waals surface area contributed by atoms with Gasteiger partial charge in [0, 0.05) is 37.7 Å². The zero-order valence-corrected chi connectivity index (χ0v) is 14.1. The van der Waals surface area contributed by atoms with Crippen LogP contribution in [-0.4, -0.2) is 52.5 Å². The van der Waals surface area contributed by atoms with Crippen molar-refractivity contribution in [2.45, 2.75) is 38.1 Å². The lowest BCUT2D eigenvalue weighted by atomic mass is 9.74. The van der Waals surface area contributed by atoms with Crippen LogP contribution in [0.5, 0.6) is 0 Å². The SMILES string of the molecule is CC1CNc2ncnc(N3CC[C@]4(C3)C(C)CN4C(=O)CC#N)c21. The van der Waals surface area contributed by atoms with Crippen molar-refractivity contribution in [2.24, 2.45) is 5.92 Å². The summed E-state index contributed by atoms with van der Waals surface area (Å²) in [5.74, 6) is 2.74. The van der Waals surface area contributed by atoms with Crippen LogP contribution in [0, 0.1) is 17.2 Å². The van der Waals surface area contributed by atoms with E-state index in [2.05, 4.69) is 34.0 Å². The summed E-state index contributed by atoms with van der Waals surface area (Å²) in [6.07, 6.45) is 2.53. The Kier molecular flexibility index (Phi) is 3.37. The predicted octanol–water partition coefficient (Wildman–Crippen LogP) is 1.35. The van der Waals surface area contributed by atoms with Crippen molar-refractivity contribution in [3.8, 4) is 6.07 Å². The van der Waals surface area contributed by atoms with E-state index in [1.54, 1.807) is 6.33 Å². The quantitative estimate of drug-likeness (QED) is 0.883. The van der Waals surface area contributed by atoms with Gasteiger partial charge in [0.25, 0.3) is 0 Å². The highest BCUT2D eigenvalue weighted by atomic mass is 16.2. The number of hydrogen-bond acceptors (Lipinski definition) is 6. The average Bonchev–Trinajstić information content (AvgIpc) is 3.19. The molecule has 0 aromatic carbocycles. The van der Waals surface area contributed by atoms with Crippen molar-refractivity contribution in [1.29, 1.82) is 5.26 Å². The molecule has 3 aliphatic rings. The minimum absolute atomic E-state index is 0.0294. The zero-order chi connectivity index (χ0) is 16.9. The van der Waals surface area contributed by atoms with Crippen LogP contribution in [0.3, 0.4) is 0 Å². The van der Waals surface area contributed by atoms with Crippen LogP contribution >= 0.6 is 0 Å². The van der Waals surface area contributed by atoms with Gasteiger partial charge in [0.05, 0.1) is 11.6 Å². The van der Waals surface area contributed by atoms with E-state index in [1.165, 1.54) is 5.56 Å². The van der Waals surface area contributed by atoms with Crippen LogP contribution in [0.15, 0.2) is 6.33 Å². The molecule has 1 aromatic heterocycles. The number of amides is 1. The van der Waals surface area contributed by atoms with Crippen molar-refractivity contribution >= 4 is 17.5 Å². The van der Waals surface area contributed by atoms with Gasteiger partial charge in [-0.2, -0.15) is 5.26 Å². The highest BCUT2D eigenvalue weighted by Crippen LogP contribution is 2.46. The van der Waals surface area contributed by atoms with E-state index in [1.807, 2.05) is 11.0 Å². The van der Waals surface area contributed by atoms with Gasteiger partial charge in [-0.15, -0.1) is 0 Å². The summed E-state index contributed by atoms with van der Waals surface area (Å²) in [5.41, 5.74) is 1.05. The van der Waals surface area contributed by atoms with Crippen LogP contribution < -0.4 is 10.2 Å². The molecule has 1 N–H and O–H groups in total. The third-order valence-corrected chi connectivity index (χ3v) is 5.95. The number of nitriles is 1. The maximum atomic E-state index is 12.3. The van der Waals surface area contributed by atoms with Crippen LogP contribution in [0.25, 0.3) is 0 Å². The smallest absolute Gasteiger partial charge is 0.237 e. The van der Waals surface area contributed by atoms with Gasteiger partial charge in [0.15, 0.2) is 0 Å². The number of hydrogen-bond donors (Lipinski definition) is 1. The van der Waals surface area contributed by atoms with Gasteiger partial charge in [0.2, 0.25) is 5.91 Å². The van der Waals surface area contributed by atoms with E-state index in [9.17, 15) is 4.79 Å². The first-order valence-electron chi connectivity index (χ1n) is 8.58. The molecule has 0 aliphatic carbocycles. The molecule has 4 heterocycles. The summed E-state index contributed by atoms with van der Waals surface area (Å²) in [5, 5.41) is 12.2. The van der Waals surface area contributed by atoms with E-state index < -0.39 is 0 Å². The summed E-state index contributed by atoms with van der Waals surface area (Å²) in [6.45, 7) is 7.72. The lowest BCUT2D eigenvalue weighted by Crippen LogP contribution is -2.69. The molecule has 3 atom stereocenters. The van der Waals surface area contributed by atoms with Crippen molar-refractivity contribution in [3.63, 3.8) is 0 Å². The van der Waals surface area contributed by atoms with Crippen LogP contribution in [0.1, 0.15) is 38.2 Å². The third-order valence-electron chi connectivity index (χ3n) is 5.95. The Balaban J connectivity index is 1.61. The predicted molar refractivity (Wildman–Crippen MR) is 89.6 cm³/mol. The summed E-state index contributed by atoms with van der Waals surface area (Å²) in [7, 11) is 0. The van der Waals surface area contributed by atoms with E-state index in [-0.39, 0.29) is 17.9 Å². The molecule has 2 saturated heterocycles. The number of nitrogens with one attached hydrogen (secondary N) is 1. The van der Waals surface area contributed by atoms with Gasteiger partial charge in [-0.3, -0.25) is 4.79 Å². The molecule has 1 spiro atoms. The summed E-state index contributed by atoms with van der Waals surface area (Å²) >= 11 is 0. The van der Waals surface area contributed by atoms with Crippen molar-refractivity contribution in [2.75, 3.05) is 36.4 Å². The van der Waals surface area contributed by atoms with Crippen molar-refractivity contribution in [1.82, 2.24) is 14.9 Å². The maximum Gasteiger partial charge on any atom is 0.237 e. The molecule has 24 heavy (non-hydrogen) atoms. The molecule has 0 saturated carbocycles. The molecule has 1 amide bonds. The Morgan fingerprint density at radius 2 is 2.33 bits per heavy atom. The first-order chi connectivity index (χ1) is 11.6. The standard InChI is InChI=1S/C17H22N6O/c1-11-7-19-15-14(11)16(21-10-20-15)22-6-4-17(9-22)12(2)8-23(17)13(24)3-5-18/h10-12H,3-4,6-9H2,1-2H3,(H,19,20,21)/t11?,12?,17-/m0/s1. The number of aromatic nitrogens is 2. The highest BCUT2D eigenvalue weighted by molar-refractivity contribution is 5.80. The van der Waals surface area contributed by atoms with Crippen LogP contribution in [0.2, 0.25) is 0 Å². The number of nitrogens with zero attached hydrogens (tertiary/aromatic N) is 5. The van der Waals surface area contributed by atoms with Crippen LogP contribution in [0.4, 0.5) is 11.6 Å². The van der Waals surface area contributed by atoms with Gasteiger partial charge in [0.1, 0.15) is 24.4 Å². The average molecular weight is 326 g/mol. The highest BCUT2D eigenvalue weighted by Gasteiger charge is 2.56. The number of carbonyl (C=O) groups excluding carboxylic acids is 1. The summed E-state index contributed by atoms with van der Waals surface area (Å²) in [6, 6.07) is 1.99. The fourth-order valence-electron chi connectivity index (χ4n) is 4.50. The fourth-order valence-corrected chi connectivity index (χ4v) is 4.50. The molecule has 7 heteroatoms. The molecular formula is C17H22N6O. The lowest BCUT2D eigenvalue weighted by Gasteiger charge is -2.55. The van der Waals surface area contributed by atoms with Gasteiger partial charge >= 0.3 is 0 Å². The first-order valence-corrected chi connectivity index (χ1v) is 8.58. The number of rotatable bonds is 2. The Hall–Kier alpha value is -2.36. The molecule has 3 aliphatic heterocycles. The zero-order valence-electron chi connectivity index (χ0n) is 14.1. The molecular weight excluding hydrogens is 304 g/mol. The number of fused-ring (bicyclic) bond motifs is 1. The Morgan fingerprint density at radius 1 is 1.50 bits per heavy atom. The van der Waals surface area contributed by atoms with Gasteiger partial charge in [-0.25, -0.2) is 9.97 Å². The Labute approximate surface area is 141 Å². The van der Waals surface area contributed by atoms with Gasteiger partial charge in [-0.05, 0) is 12.3 Å². The van der Waals surface area contributed by atoms with E-state index in [4.69, 9.17) is 5.26 Å². The van der Waals surface area contributed by atoms with Gasteiger partial charge < -0.3 is 15.1 Å². The number of anilines is 2. The second kappa shape index (κ2) is 5.33. The normalized spacial score (nSPS) is 30.7. The third kappa shape index (κ3) is 1.98. The Bertz CT molecular complexity index is 728. The monoisotopic (exact) mass is 326 g/mol. The molecule has 126 valence electrons. The number of likely N-dealkylation sites (tertiary alicyclic amines) is 1. The Morgan fingerprint density at radius 3 is 3.08 bits per heavy atom.